The molecule has 0 radical (unpaired) electrons. The van der Waals surface area contributed by atoms with E-state index >= 15 is 0 Å². The lowest BCUT2D eigenvalue weighted by atomic mass is 10.1. The van der Waals surface area contributed by atoms with Gasteiger partial charge in [0, 0.05) is 18.2 Å². The quantitative estimate of drug-likeness (QED) is 0.657. The van der Waals surface area contributed by atoms with E-state index < -0.39 is 22.2 Å². The zero-order valence-corrected chi connectivity index (χ0v) is 10.2. The Hall–Kier alpha value is -1.72. The Kier molecular flexibility index (Phi) is 2.88. The molecule has 0 atom stereocenters. The van der Waals surface area contributed by atoms with Crippen LogP contribution >= 0.6 is 0 Å². The van der Waals surface area contributed by atoms with Crippen LogP contribution in [0.25, 0.3) is 0 Å². The van der Waals surface area contributed by atoms with Crippen molar-refractivity contribution < 1.29 is 13.7 Å². The first-order valence-electron chi connectivity index (χ1n) is 6.46. The molecule has 0 unspecified atom stereocenters. The largest absolute Gasteiger partial charge is 0.379 e. The first kappa shape index (κ1) is 12.3. The van der Waals surface area contributed by atoms with Gasteiger partial charge in [0.25, 0.3) is 0 Å². The fourth-order valence-corrected chi connectivity index (χ4v) is 2.50. The summed E-state index contributed by atoms with van der Waals surface area (Å²) >= 11 is 0. The summed E-state index contributed by atoms with van der Waals surface area (Å²) in [5, 5.41) is 13.7. The second kappa shape index (κ2) is 4.43. The minimum Gasteiger partial charge on any atom is -0.379 e. The standard InChI is InChI=1S/C13H14F2N2O2/c14-9-5-10(15)12(17(18)19)6-11(9)16-13(7-1-2-7)8-3-4-8/h5-8,13,16H,1-4H2. The SMILES string of the molecule is O=[N+]([O-])c1cc(NC(C2CC2)C2CC2)c(F)cc1F. The monoisotopic (exact) mass is 268 g/mol. The Morgan fingerprint density at radius 3 is 2.21 bits per heavy atom. The summed E-state index contributed by atoms with van der Waals surface area (Å²) in [6.07, 6.45) is 4.44. The van der Waals surface area contributed by atoms with E-state index in [1.807, 2.05) is 0 Å². The molecule has 2 fully saturated rings. The molecule has 0 bridgehead atoms. The summed E-state index contributed by atoms with van der Waals surface area (Å²) in [5.74, 6) is -0.858. The van der Waals surface area contributed by atoms with Crippen LogP contribution in [0.4, 0.5) is 20.2 Å². The maximum atomic E-state index is 13.7. The number of rotatable bonds is 5. The van der Waals surface area contributed by atoms with E-state index in [1.165, 1.54) is 0 Å². The number of benzene rings is 1. The minimum atomic E-state index is -1.14. The molecule has 2 aliphatic rings. The number of anilines is 1. The van der Waals surface area contributed by atoms with E-state index in [4.69, 9.17) is 0 Å². The van der Waals surface area contributed by atoms with E-state index in [2.05, 4.69) is 5.32 Å². The van der Waals surface area contributed by atoms with E-state index in [-0.39, 0.29) is 11.7 Å². The molecule has 2 aliphatic carbocycles. The number of nitro benzene ring substituents is 1. The Bertz CT molecular complexity index is 516. The number of nitrogens with zero attached hydrogens (tertiary/aromatic N) is 1. The number of halogens is 2. The third-order valence-electron chi connectivity index (χ3n) is 3.82. The molecule has 102 valence electrons. The molecule has 0 amide bonds. The third kappa shape index (κ3) is 2.52. The molecule has 0 aliphatic heterocycles. The fraction of sp³-hybridized carbons (Fsp3) is 0.538. The maximum absolute atomic E-state index is 13.7. The van der Waals surface area contributed by atoms with Gasteiger partial charge in [-0.1, -0.05) is 0 Å². The van der Waals surface area contributed by atoms with Crippen molar-refractivity contribution in [3.8, 4) is 0 Å². The second-order valence-electron chi connectivity index (χ2n) is 5.39. The smallest absolute Gasteiger partial charge is 0.307 e. The zero-order valence-electron chi connectivity index (χ0n) is 10.2. The van der Waals surface area contributed by atoms with Crippen molar-refractivity contribution >= 4 is 11.4 Å². The van der Waals surface area contributed by atoms with E-state index in [9.17, 15) is 18.9 Å². The first-order chi connectivity index (χ1) is 9.06. The Labute approximate surface area is 109 Å². The molecule has 4 nitrogen and oxygen atoms in total. The van der Waals surface area contributed by atoms with Gasteiger partial charge < -0.3 is 5.32 Å². The van der Waals surface area contributed by atoms with Crippen LogP contribution in [0.15, 0.2) is 12.1 Å². The molecule has 1 aromatic rings. The van der Waals surface area contributed by atoms with Gasteiger partial charge in [0.1, 0.15) is 5.82 Å². The van der Waals surface area contributed by atoms with Gasteiger partial charge >= 0.3 is 5.69 Å². The highest BCUT2D eigenvalue weighted by molar-refractivity contribution is 5.54. The van der Waals surface area contributed by atoms with Gasteiger partial charge in [-0.15, -0.1) is 0 Å². The molecule has 0 heterocycles. The predicted molar refractivity (Wildman–Crippen MR) is 65.9 cm³/mol. The van der Waals surface area contributed by atoms with E-state index in [0.717, 1.165) is 31.7 Å². The maximum Gasteiger partial charge on any atom is 0.307 e. The van der Waals surface area contributed by atoms with E-state index in [0.29, 0.717) is 17.9 Å². The average Bonchev–Trinajstić information content (AvgIpc) is 3.21. The second-order valence-corrected chi connectivity index (χ2v) is 5.39. The Morgan fingerprint density at radius 1 is 1.16 bits per heavy atom. The summed E-state index contributed by atoms with van der Waals surface area (Å²) in [6.45, 7) is 0. The summed E-state index contributed by atoms with van der Waals surface area (Å²) in [5.41, 5.74) is -0.647. The Balaban J connectivity index is 1.86. The van der Waals surface area contributed by atoms with Crippen molar-refractivity contribution in [2.45, 2.75) is 31.7 Å². The molecule has 1 N–H and O–H groups in total. The van der Waals surface area contributed by atoms with Crippen LogP contribution in [0, 0.1) is 33.6 Å². The molecule has 0 spiro atoms. The summed E-state index contributed by atoms with van der Waals surface area (Å²) < 4.78 is 26.9. The normalized spacial score (nSPS) is 18.7. The van der Waals surface area contributed by atoms with Crippen molar-refractivity contribution in [1.82, 2.24) is 0 Å². The fourth-order valence-electron chi connectivity index (χ4n) is 2.50. The molecule has 2 saturated carbocycles. The zero-order chi connectivity index (χ0) is 13.6. The van der Waals surface area contributed by atoms with Gasteiger partial charge in [-0.05, 0) is 37.5 Å². The minimum absolute atomic E-state index is 0.0388. The lowest BCUT2D eigenvalue weighted by molar-refractivity contribution is -0.387. The van der Waals surface area contributed by atoms with Crippen molar-refractivity contribution in [2.24, 2.45) is 11.8 Å². The first-order valence-corrected chi connectivity index (χ1v) is 6.46. The van der Waals surface area contributed by atoms with Crippen LogP contribution in [-0.4, -0.2) is 11.0 Å². The molecule has 19 heavy (non-hydrogen) atoms. The molecule has 1 aromatic carbocycles. The Morgan fingerprint density at radius 2 is 1.74 bits per heavy atom. The van der Waals surface area contributed by atoms with Crippen molar-refractivity contribution in [2.75, 3.05) is 5.32 Å². The molecular formula is C13H14F2N2O2. The highest BCUT2D eigenvalue weighted by Gasteiger charge is 2.41. The summed E-state index contributed by atoms with van der Waals surface area (Å²) in [7, 11) is 0. The van der Waals surface area contributed by atoms with Crippen LogP contribution < -0.4 is 5.32 Å². The van der Waals surface area contributed by atoms with Gasteiger partial charge in [-0.3, -0.25) is 10.1 Å². The number of nitro groups is 1. The van der Waals surface area contributed by atoms with Crippen LogP contribution in [0.5, 0.6) is 0 Å². The average molecular weight is 268 g/mol. The van der Waals surface area contributed by atoms with Crippen molar-refractivity contribution in [3.05, 3.63) is 33.9 Å². The van der Waals surface area contributed by atoms with Crippen LogP contribution in [0.2, 0.25) is 0 Å². The lowest BCUT2D eigenvalue weighted by Crippen LogP contribution is -2.24. The highest BCUT2D eigenvalue weighted by atomic mass is 19.1. The number of hydrogen-bond donors (Lipinski definition) is 1. The summed E-state index contributed by atoms with van der Waals surface area (Å²) in [6, 6.07) is 1.71. The third-order valence-corrected chi connectivity index (χ3v) is 3.82. The molecule has 0 saturated heterocycles. The van der Waals surface area contributed by atoms with Gasteiger partial charge in [0.05, 0.1) is 10.6 Å². The van der Waals surface area contributed by atoms with Crippen molar-refractivity contribution in [1.29, 1.82) is 0 Å². The van der Waals surface area contributed by atoms with Crippen molar-refractivity contribution in [3.63, 3.8) is 0 Å². The lowest BCUT2D eigenvalue weighted by Gasteiger charge is -2.19. The van der Waals surface area contributed by atoms with Crippen LogP contribution in [-0.2, 0) is 0 Å². The van der Waals surface area contributed by atoms with Gasteiger partial charge in [-0.2, -0.15) is 4.39 Å². The molecule has 6 heteroatoms. The number of nitrogens with one attached hydrogen (secondary N) is 1. The van der Waals surface area contributed by atoms with Gasteiger partial charge in [0.15, 0.2) is 0 Å². The number of hydrogen-bond acceptors (Lipinski definition) is 3. The molecule has 3 rings (SSSR count). The predicted octanol–water partition coefficient (Wildman–Crippen LogP) is 3.47. The highest BCUT2D eigenvalue weighted by Crippen LogP contribution is 2.46. The van der Waals surface area contributed by atoms with Gasteiger partial charge in [0.2, 0.25) is 5.82 Å². The topological polar surface area (TPSA) is 55.2 Å². The van der Waals surface area contributed by atoms with Crippen LogP contribution in [0.1, 0.15) is 25.7 Å². The van der Waals surface area contributed by atoms with Gasteiger partial charge in [-0.25, -0.2) is 4.39 Å². The molecular weight excluding hydrogens is 254 g/mol. The van der Waals surface area contributed by atoms with Crippen LogP contribution in [0.3, 0.4) is 0 Å². The summed E-state index contributed by atoms with van der Waals surface area (Å²) in [4.78, 5) is 9.85. The molecule has 0 aromatic heterocycles. The van der Waals surface area contributed by atoms with E-state index in [1.54, 1.807) is 0 Å².